The number of rotatable bonds is 5. The van der Waals surface area contributed by atoms with Crippen LogP contribution >= 0.6 is 0 Å². The van der Waals surface area contributed by atoms with Gasteiger partial charge in [-0.15, -0.1) is 0 Å². The Bertz CT molecular complexity index is 693. The van der Waals surface area contributed by atoms with E-state index in [1.165, 1.54) is 4.90 Å². The first-order chi connectivity index (χ1) is 13.0. The number of fused-ring (bicyclic) bond motifs is 1. The lowest BCUT2D eigenvalue weighted by Crippen LogP contribution is -2.53. The molecule has 2 N–H and O–H groups in total. The van der Waals surface area contributed by atoms with Crippen LogP contribution in [0, 0.1) is 5.92 Å². The number of likely N-dealkylation sites (tertiary alicyclic amines) is 1. The number of benzene rings is 1. The maximum absolute atomic E-state index is 12.9. The molecule has 1 aliphatic heterocycles. The highest BCUT2D eigenvalue weighted by Gasteiger charge is 2.48. The molecular formula is C20H26N2O5. The van der Waals surface area contributed by atoms with Crippen LogP contribution in [0.4, 0.5) is 4.79 Å². The van der Waals surface area contributed by atoms with Crippen LogP contribution in [0.3, 0.4) is 0 Å². The van der Waals surface area contributed by atoms with E-state index in [4.69, 9.17) is 4.74 Å². The van der Waals surface area contributed by atoms with Crippen LogP contribution in [0.25, 0.3) is 0 Å². The highest BCUT2D eigenvalue weighted by molar-refractivity contribution is 5.89. The van der Waals surface area contributed by atoms with E-state index >= 15 is 0 Å². The van der Waals surface area contributed by atoms with Gasteiger partial charge in [0, 0.05) is 6.04 Å². The smallest absolute Gasteiger partial charge is 0.408 e. The molecule has 1 saturated heterocycles. The van der Waals surface area contributed by atoms with E-state index in [2.05, 4.69) is 5.32 Å². The van der Waals surface area contributed by atoms with Crippen molar-refractivity contribution in [2.24, 2.45) is 5.92 Å². The third-order valence-corrected chi connectivity index (χ3v) is 5.55. The molecular weight excluding hydrogens is 348 g/mol. The molecule has 1 aliphatic carbocycles. The van der Waals surface area contributed by atoms with Crippen molar-refractivity contribution in [3.05, 3.63) is 35.9 Å². The molecule has 1 aromatic rings. The first-order valence-corrected chi connectivity index (χ1v) is 9.49. The van der Waals surface area contributed by atoms with Crippen molar-refractivity contribution < 1.29 is 24.2 Å². The second-order valence-corrected chi connectivity index (χ2v) is 7.37. The number of nitrogens with one attached hydrogen (secondary N) is 1. The Morgan fingerprint density at radius 3 is 2.63 bits per heavy atom. The molecule has 0 bridgehead atoms. The fourth-order valence-electron chi connectivity index (χ4n) is 4.22. The topological polar surface area (TPSA) is 95.9 Å². The normalized spacial score (nSPS) is 25.4. The highest BCUT2D eigenvalue weighted by atomic mass is 16.5. The number of hydrogen-bond acceptors (Lipinski definition) is 4. The van der Waals surface area contributed by atoms with Crippen LogP contribution < -0.4 is 5.32 Å². The van der Waals surface area contributed by atoms with Gasteiger partial charge in [0.1, 0.15) is 18.7 Å². The quantitative estimate of drug-likeness (QED) is 0.826. The zero-order valence-corrected chi connectivity index (χ0v) is 15.5. The third kappa shape index (κ3) is 4.40. The molecule has 1 saturated carbocycles. The minimum absolute atomic E-state index is 0.0445. The molecule has 0 radical (unpaired) electrons. The van der Waals surface area contributed by atoms with Crippen LogP contribution in [0.5, 0.6) is 0 Å². The summed E-state index contributed by atoms with van der Waals surface area (Å²) in [5.41, 5.74) is 0.849. The van der Waals surface area contributed by atoms with Gasteiger partial charge >= 0.3 is 12.1 Å². The lowest BCUT2D eigenvalue weighted by Gasteiger charge is -2.34. The second-order valence-electron chi connectivity index (χ2n) is 7.37. The average molecular weight is 374 g/mol. The van der Waals surface area contributed by atoms with Gasteiger partial charge in [0.2, 0.25) is 5.91 Å². The van der Waals surface area contributed by atoms with E-state index in [0.717, 1.165) is 31.2 Å². The van der Waals surface area contributed by atoms with Crippen molar-refractivity contribution in [1.82, 2.24) is 10.2 Å². The summed E-state index contributed by atoms with van der Waals surface area (Å²) < 4.78 is 5.16. The fraction of sp³-hybridized carbons (Fsp3) is 0.550. The number of hydrogen-bond donors (Lipinski definition) is 2. The van der Waals surface area contributed by atoms with Gasteiger partial charge in [0.05, 0.1) is 0 Å². The van der Waals surface area contributed by atoms with E-state index < -0.39 is 24.1 Å². The molecule has 1 heterocycles. The second kappa shape index (κ2) is 8.41. The maximum Gasteiger partial charge on any atom is 0.408 e. The molecule has 1 aromatic carbocycles. The summed E-state index contributed by atoms with van der Waals surface area (Å²) in [6.07, 6.45) is 3.67. The van der Waals surface area contributed by atoms with Crippen molar-refractivity contribution in [2.45, 2.75) is 63.8 Å². The van der Waals surface area contributed by atoms with Crippen LogP contribution in [0.2, 0.25) is 0 Å². The summed E-state index contributed by atoms with van der Waals surface area (Å²) in [6, 6.07) is 7.56. The third-order valence-electron chi connectivity index (χ3n) is 5.55. The maximum atomic E-state index is 12.9. The van der Waals surface area contributed by atoms with Crippen molar-refractivity contribution in [2.75, 3.05) is 0 Å². The van der Waals surface area contributed by atoms with Gasteiger partial charge in [-0.1, -0.05) is 43.2 Å². The van der Waals surface area contributed by atoms with Crippen molar-refractivity contribution in [3.63, 3.8) is 0 Å². The summed E-state index contributed by atoms with van der Waals surface area (Å²) in [7, 11) is 0. The number of carboxylic acids is 1. The van der Waals surface area contributed by atoms with Gasteiger partial charge in [-0.05, 0) is 37.7 Å². The minimum Gasteiger partial charge on any atom is -0.480 e. The molecule has 2 amide bonds. The summed E-state index contributed by atoms with van der Waals surface area (Å²) >= 11 is 0. The summed E-state index contributed by atoms with van der Waals surface area (Å²) in [6.45, 7) is 1.68. The molecule has 3 rings (SSSR count). The number of alkyl carbamates (subject to hydrolysis) is 1. The van der Waals surface area contributed by atoms with E-state index in [9.17, 15) is 19.5 Å². The predicted octanol–water partition coefficient (Wildman–Crippen LogP) is 2.55. The van der Waals surface area contributed by atoms with Gasteiger partial charge in [0.25, 0.3) is 0 Å². The minimum atomic E-state index is -0.975. The Labute approximate surface area is 158 Å². The van der Waals surface area contributed by atoms with Crippen molar-refractivity contribution >= 4 is 18.0 Å². The molecule has 27 heavy (non-hydrogen) atoms. The Kier molecular flexibility index (Phi) is 5.98. The van der Waals surface area contributed by atoms with Crippen LogP contribution in [-0.4, -0.2) is 46.1 Å². The van der Waals surface area contributed by atoms with E-state index in [1.807, 2.05) is 30.3 Å². The number of carboxylic acid groups (broad SMARTS) is 1. The Morgan fingerprint density at radius 1 is 1.22 bits per heavy atom. The summed E-state index contributed by atoms with van der Waals surface area (Å²) in [4.78, 5) is 38.1. The summed E-state index contributed by atoms with van der Waals surface area (Å²) in [5, 5.41) is 12.1. The lowest BCUT2D eigenvalue weighted by molar-refractivity contribution is -0.150. The highest BCUT2D eigenvalue weighted by Crippen LogP contribution is 2.40. The molecule has 2 unspecified atom stereocenters. The van der Waals surface area contributed by atoms with Gasteiger partial charge in [-0.25, -0.2) is 9.59 Å². The van der Waals surface area contributed by atoms with Crippen LogP contribution in [0.15, 0.2) is 30.3 Å². The number of amides is 2. The molecule has 4 atom stereocenters. The number of aliphatic carboxylic acids is 1. The molecule has 0 aromatic heterocycles. The number of carbonyl (C=O) groups excluding carboxylic acids is 2. The fourth-order valence-corrected chi connectivity index (χ4v) is 4.22. The van der Waals surface area contributed by atoms with Crippen LogP contribution in [0.1, 0.15) is 44.6 Å². The Hall–Kier alpha value is -2.57. The summed E-state index contributed by atoms with van der Waals surface area (Å²) in [5.74, 6) is -1.09. The van der Waals surface area contributed by atoms with E-state index in [1.54, 1.807) is 6.92 Å². The van der Waals surface area contributed by atoms with Gasteiger partial charge in [-0.3, -0.25) is 4.79 Å². The molecule has 146 valence electrons. The predicted molar refractivity (Wildman–Crippen MR) is 97.9 cm³/mol. The van der Waals surface area contributed by atoms with Crippen molar-refractivity contribution in [3.8, 4) is 0 Å². The van der Waals surface area contributed by atoms with Gasteiger partial charge < -0.3 is 20.1 Å². The monoisotopic (exact) mass is 374 g/mol. The largest absolute Gasteiger partial charge is 0.480 e. The molecule has 7 heteroatoms. The van der Waals surface area contributed by atoms with Crippen molar-refractivity contribution in [1.29, 1.82) is 0 Å². The Balaban J connectivity index is 1.59. The van der Waals surface area contributed by atoms with E-state index in [-0.39, 0.29) is 24.5 Å². The zero-order chi connectivity index (χ0) is 19.4. The molecule has 2 aliphatic rings. The molecule has 2 fully saturated rings. The van der Waals surface area contributed by atoms with Gasteiger partial charge in [0.15, 0.2) is 0 Å². The zero-order valence-electron chi connectivity index (χ0n) is 15.5. The first kappa shape index (κ1) is 19.2. The first-order valence-electron chi connectivity index (χ1n) is 9.49. The average Bonchev–Trinajstić information content (AvgIpc) is 3.06. The van der Waals surface area contributed by atoms with Crippen LogP contribution in [-0.2, 0) is 20.9 Å². The van der Waals surface area contributed by atoms with E-state index in [0.29, 0.717) is 6.42 Å². The SMILES string of the molecule is C[C@H](NC(=O)OCc1ccccc1)C(=O)N1C2CCCCC2C[C@@H]1C(=O)O. The lowest BCUT2D eigenvalue weighted by atomic mass is 9.84. The number of nitrogens with zero attached hydrogens (tertiary/aromatic N) is 1. The number of carbonyl (C=O) groups is 3. The van der Waals surface area contributed by atoms with Gasteiger partial charge in [-0.2, -0.15) is 0 Å². The molecule has 0 spiro atoms. The standard InChI is InChI=1S/C20H26N2O5/c1-13(21-20(26)27-12-14-7-3-2-4-8-14)18(23)22-16-10-6-5-9-15(16)11-17(22)19(24)25/h2-4,7-8,13,15-17H,5-6,9-12H2,1H3,(H,21,26)(H,24,25)/t13-,15?,16?,17+/m0/s1. The Morgan fingerprint density at radius 2 is 1.93 bits per heavy atom. The molecule has 7 nitrogen and oxygen atoms in total. The number of ether oxygens (including phenoxy) is 1.